The molecule has 1 N–H and O–H groups in total. The number of hydrogen-bond donors (Lipinski definition) is 1. The molecule has 1 aromatic carbocycles. The van der Waals surface area contributed by atoms with Crippen LogP contribution in [-0.4, -0.2) is 11.5 Å². The molecule has 0 spiro atoms. The molecule has 0 aliphatic heterocycles. The number of rotatable bonds is 6. The Labute approximate surface area is 122 Å². The van der Waals surface area contributed by atoms with Crippen molar-refractivity contribution >= 4 is 0 Å². The van der Waals surface area contributed by atoms with Gasteiger partial charge in [-0.2, -0.15) is 0 Å². The van der Waals surface area contributed by atoms with Crippen LogP contribution in [0.2, 0.25) is 0 Å². The Bertz CT molecular complexity index is 531. The lowest BCUT2D eigenvalue weighted by Crippen LogP contribution is -2.25. The zero-order valence-corrected chi connectivity index (χ0v) is 12.7. The van der Waals surface area contributed by atoms with Gasteiger partial charge in [-0.05, 0) is 43.5 Å². The highest BCUT2D eigenvalue weighted by molar-refractivity contribution is 5.27. The molecule has 1 aromatic heterocycles. The van der Waals surface area contributed by atoms with Crippen LogP contribution in [0, 0.1) is 6.92 Å². The van der Waals surface area contributed by atoms with Gasteiger partial charge in [0.05, 0.1) is 11.7 Å². The van der Waals surface area contributed by atoms with Crippen LogP contribution in [0.1, 0.15) is 42.3 Å². The monoisotopic (exact) mass is 268 g/mol. The lowest BCUT2D eigenvalue weighted by molar-refractivity contribution is 0.532. The quantitative estimate of drug-likeness (QED) is 0.861. The van der Waals surface area contributed by atoms with Gasteiger partial charge in [-0.3, -0.25) is 4.98 Å². The Morgan fingerprint density at radius 1 is 1.10 bits per heavy atom. The number of aryl methyl sites for hydroxylation is 2. The first-order chi connectivity index (χ1) is 9.74. The van der Waals surface area contributed by atoms with Crippen LogP contribution in [0.4, 0.5) is 0 Å². The van der Waals surface area contributed by atoms with E-state index in [9.17, 15) is 0 Å². The van der Waals surface area contributed by atoms with E-state index in [2.05, 4.69) is 61.4 Å². The first kappa shape index (κ1) is 14.7. The van der Waals surface area contributed by atoms with Crippen LogP contribution in [0.5, 0.6) is 0 Å². The average Bonchev–Trinajstić information content (AvgIpc) is 2.49. The van der Waals surface area contributed by atoms with E-state index in [1.54, 1.807) is 0 Å². The minimum atomic E-state index is 0.291. The van der Waals surface area contributed by atoms with Gasteiger partial charge in [-0.15, -0.1) is 0 Å². The van der Waals surface area contributed by atoms with Crippen LogP contribution in [0.15, 0.2) is 42.6 Å². The summed E-state index contributed by atoms with van der Waals surface area (Å²) in [5, 5.41) is 3.57. The van der Waals surface area contributed by atoms with E-state index in [-0.39, 0.29) is 0 Å². The number of likely N-dealkylation sites (N-methyl/N-ethyl adjacent to an activating group) is 1. The van der Waals surface area contributed by atoms with Crippen molar-refractivity contribution < 1.29 is 0 Å². The molecule has 20 heavy (non-hydrogen) atoms. The van der Waals surface area contributed by atoms with Crippen LogP contribution in [-0.2, 0) is 12.8 Å². The zero-order valence-electron chi connectivity index (χ0n) is 12.7. The van der Waals surface area contributed by atoms with Crippen LogP contribution >= 0.6 is 0 Å². The maximum atomic E-state index is 4.62. The number of benzene rings is 1. The fraction of sp³-hybridized carbons (Fsp3) is 0.389. The average molecular weight is 268 g/mol. The lowest BCUT2D eigenvalue weighted by atomic mass is 9.98. The Hall–Kier alpha value is -1.67. The summed E-state index contributed by atoms with van der Waals surface area (Å²) in [6, 6.07) is 13.3. The molecule has 0 aliphatic carbocycles. The van der Waals surface area contributed by atoms with E-state index in [0.29, 0.717) is 6.04 Å². The minimum Gasteiger partial charge on any atom is -0.309 e. The summed E-state index contributed by atoms with van der Waals surface area (Å²) in [6.45, 7) is 7.42. The fourth-order valence-electron chi connectivity index (χ4n) is 2.54. The third-order valence-electron chi connectivity index (χ3n) is 3.65. The van der Waals surface area contributed by atoms with Crippen molar-refractivity contribution in [2.24, 2.45) is 0 Å². The van der Waals surface area contributed by atoms with E-state index >= 15 is 0 Å². The molecule has 106 valence electrons. The number of aromatic nitrogens is 1. The molecular formula is C18H24N2. The van der Waals surface area contributed by atoms with Crippen molar-refractivity contribution in [2.75, 3.05) is 6.54 Å². The normalized spacial score (nSPS) is 12.3. The third kappa shape index (κ3) is 3.67. The van der Waals surface area contributed by atoms with Gasteiger partial charge in [0.25, 0.3) is 0 Å². The number of nitrogens with zero attached hydrogens (tertiary/aromatic N) is 1. The Balaban J connectivity index is 2.24. The second-order valence-corrected chi connectivity index (χ2v) is 5.20. The summed E-state index contributed by atoms with van der Waals surface area (Å²) < 4.78 is 0. The molecule has 0 aliphatic rings. The van der Waals surface area contributed by atoms with Crippen molar-refractivity contribution in [3.05, 3.63) is 65.0 Å². The van der Waals surface area contributed by atoms with Gasteiger partial charge in [0.2, 0.25) is 0 Å². The highest BCUT2D eigenvalue weighted by atomic mass is 14.9. The predicted octanol–water partition coefficient (Wildman–Crippen LogP) is 3.85. The highest BCUT2D eigenvalue weighted by Gasteiger charge is 2.15. The largest absolute Gasteiger partial charge is 0.309 e. The van der Waals surface area contributed by atoms with Crippen molar-refractivity contribution in [3.63, 3.8) is 0 Å². The van der Waals surface area contributed by atoms with Crippen molar-refractivity contribution in [3.8, 4) is 0 Å². The molecule has 0 fully saturated rings. The fourth-order valence-corrected chi connectivity index (χ4v) is 2.54. The Kier molecular flexibility index (Phi) is 5.31. The van der Waals surface area contributed by atoms with Crippen LogP contribution < -0.4 is 5.32 Å². The number of nitrogens with one attached hydrogen (secondary N) is 1. The highest BCUT2D eigenvalue weighted by Crippen LogP contribution is 2.20. The summed E-state index contributed by atoms with van der Waals surface area (Å²) in [7, 11) is 0. The molecule has 2 aromatic rings. The smallest absolute Gasteiger partial charge is 0.0608 e. The molecule has 1 atom stereocenters. The van der Waals surface area contributed by atoms with Gasteiger partial charge in [0.15, 0.2) is 0 Å². The Morgan fingerprint density at radius 3 is 2.50 bits per heavy atom. The van der Waals surface area contributed by atoms with E-state index in [0.717, 1.165) is 19.4 Å². The number of hydrogen-bond acceptors (Lipinski definition) is 2. The maximum absolute atomic E-state index is 4.62. The standard InChI is InChI=1S/C18H24N2/c1-4-16-7-6-12-20-18(16)17(19-5-2)13-15-10-8-14(3)9-11-15/h6-12,17,19H,4-5,13H2,1-3H3. The third-order valence-corrected chi connectivity index (χ3v) is 3.65. The minimum absolute atomic E-state index is 0.291. The van der Waals surface area contributed by atoms with Gasteiger partial charge in [0, 0.05) is 6.20 Å². The number of pyridine rings is 1. The van der Waals surface area contributed by atoms with Crippen molar-refractivity contribution in [1.82, 2.24) is 10.3 Å². The summed E-state index contributed by atoms with van der Waals surface area (Å²) in [4.78, 5) is 4.62. The van der Waals surface area contributed by atoms with Crippen molar-refractivity contribution in [2.45, 2.75) is 39.7 Å². The molecule has 0 saturated heterocycles. The molecule has 1 heterocycles. The molecule has 0 amide bonds. The molecule has 2 rings (SSSR count). The zero-order chi connectivity index (χ0) is 14.4. The topological polar surface area (TPSA) is 24.9 Å². The van der Waals surface area contributed by atoms with Crippen molar-refractivity contribution in [1.29, 1.82) is 0 Å². The lowest BCUT2D eigenvalue weighted by Gasteiger charge is -2.20. The van der Waals surface area contributed by atoms with E-state index in [1.165, 1.54) is 22.4 Å². The second kappa shape index (κ2) is 7.20. The summed E-state index contributed by atoms with van der Waals surface area (Å²) in [5.74, 6) is 0. The van der Waals surface area contributed by atoms with Gasteiger partial charge < -0.3 is 5.32 Å². The molecule has 0 saturated carbocycles. The van der Waals surface area contributed by atoms with Crippen LogP contribution in [0.3, 0.4) is 0 Å². The summed E-state index contributed by atoms with van der Waals surface area (Å²) >= 11 is 0. The van der Waals surface area contributed by atoms with Gasteiger partial charge >= 0.3 is 0 Å². The summed E-state index contributed by atoms with van der Waals surface area (Å²) in [6.07, 6.45) is 3.91. The van der Waals surface area contributed by atoms with E-state index in [1.807, 2.05) is 12.3 Å². The van der Waals surface area contributed by atoms with Gasteiger partial charge in [-0.1, -0.05) is 49.7 Å². The molecule has 2 heteroatoms. The molecule has 2 nitrogen and oxygen atoms in total. The van der Waals surface area contributed by atoms with Gasteiger partial charge in [0.1, 0.15) is 0 Å². The predicted molar refractivity (Wildman–Crippen MR) is 84.9 cm³/mol. The molecule has 0 radical (unpaired) electrons. The van der Waals surface area contributed by atoms with Gasteiger partial charge in [-0.25, -0.2) is 0 Å². The second-order valence-electron chi connectivity index (χ2n) is 5.20. The van der Waals surface area contributed by atoms with E-state index in [4.69, 9.17) is 0 Å². The maximum Gasteiger partial charge on any atom is 0.0608 e. The molecule has 0 bridgehead atoms. The SMILES string of the molecule is CCNC(Cc1ccc(C)cc1)c1ncccc1CC. The van der Waals surface area contributed by atoms with Crippen LogP contribution in [0.25, 0.3) is 0 Å². The summed E-state index contributed by atoms with van der Waals surface area (Å²) in [5.41, 5.74) is 5.19. The molecule has 1 unspecified atom stereocenters. The first-order valence-electron chi connectivity index (χ1n) is 7.47. The Morgan fingerprint density at radius 2 is 1.85 bits per heavy atom. The molecular weight excluding hydrogens is 244 g/mol. The first-order valence-corrected chi connectivity index (χ1v) is 7.47. The van der Waals surface area contributed by atoms with E-state index < -0.39 is 0 Å².